The third-order valence-corrected chi connectivity index (χ3v) is 5.52. The lowest BCUT2D eigenvalue weighted by Crippen LogP contribution is -2.55. The molecule has 3 atom stereocenters. The van der Waals surface area contributed by atoms with Gasteiger partial charge in [0.05, 0.1) is 0 Å². The normalized spacial score (nSPS) is 37.4. The van der Waals surface area contributed by atoms with Crippen molar-refractivity contribution < 1.29 is 0 Å². The second kappa shape index (κ2) is 6.55. The van der Waals surface area contributed by atoms with Crippen LogP contribution >= 0.6 is 0 Å². The Morgan fingerprint density at radius 3 is 2.95 bits per heavy atom. The molecule has 0 aromatic carbocycles. The van der Waals surface area contributed by atoms with Crippen LogP contribution in [-0.2, 0) is 0 Å². The van der Waals surface area contributed by atoms with Gasteiger partial charge >= 0.3 is 0 Å². The summed E-state index contributed by atoms with van der Waals surface area (Å²) in [6.07, 6.45) is 8.56. The molecule has 19 heavy (non-hydrogen) atoms. The van der Waals surface area contributed by atoms with Crippen LogP contribution in [0.2, 0.25) is 0 Å². The van der Waals surface area contributed by atoms with E-state index in [1.54, 1.807) is 0 Å². The standard InChI is InChI=1S/C16H31N3/c1-14-12-19-10-4-7-16(19)13-18(14)9-3-6-15-5-2-8-17-11-15/h14-17H,2-13H2,1H3. The van der Waals surface area contributed by atoms with E-state index in [1.807, 2.05) is 0 Å². The number of piperidine rings is 1. The third-order valence-electron chi connectivity index (χ3n) is 5.52. The summed E-state index contributed by atoms with van der Waals surface area (Å²) >= 11 is 0. The minimum atomic E-state index is 0.777. The van der Waals surface area contributed by atoms with Crippen molar-refractivity contribution in [1.82, 2.24) is 15.1 Å². The Morgan fingerprint density at radius 2 is 2.11 bits per heavy atom. The molecule has 0 saturated carbocycles. The van der Waals surface area contributed by atoms with E-state index in [-0.39, 0.29) is 0 Å². The zero-order valence-electron chi connectivity index (χ0n) is 12.6. The third kappa shape index (κ3) is 3.50. The molecule has 0 bridgehead atoms. The van der Waals surface area contributed by atoms with Gasteiger partial charge in [-0.25, -0.2) is 0 Å². The Hall–Kier alpha value is -0.120. The first kappa shape index (κ1) is 13.8. The molecule has 110 valence electrons. The van der Waals surface area contributed by atoms with Crippen molar-refractivity contribution in [2.45, 2.75) is 57.5 Å². The topological polar surface area (TPSA) is 18.5 Å². The summed E-state index contributed by atoms with van der Waals surface area (Å²) < 4.78 is 0. The van der Waals surface area contributed by atoms with E-state index in [2.05, 4.69) is 22.0 Å². The molecule has 3 aliphatic heterocycles. The Kier molecular flexibility index (Phi) is 4.78. The average Bonchev–Trinajstić information content (AvgIpc) is 2.87. The van der Waals surface area contributed by atoms with Gasteiger partial charge in [0.25, 0.3) is 0 Å². The van der Waals surface area contributed by atoms with Crippen LogP contribution in [0.1, 0.15) is 45.4 Å². The molecule has 3 nitrogen and oxygen atoms in total. The van der Waals surface area contributed by atoms with Crippen LogP contribution in [-0.4, -0.2) is 61.2 Å². The van der Waals surface area contributed by atoms with Crippen LogP contribution in [0.4, 0.5) is 0 Å². The summed E-state index contributed by atoms with van der Waals surface area (Å²) in [4.78, 5) is 5.50. The van der Waals surface area contributed by atoms with Gasteiger partial charge in [0, 0.05) is 25.2 Å². The van der Waals surface area contributed by atoms with Gasteiger partial charge in [0.2, 0.25) is 0 Å². The first-order valence-corrected chi connectivity index (χ1v) is 8.52. The highest BCUT2D eigenvalue weighted by Gasteiger charge is 2.33. The second-order valence-corrected chi connectivity index (χ2v) is 6.99. The highest BCUT2D eigenvalue weighted by Crippen LogP contribution is 2.25. The maximum absolute atomic E-state index is 3.54. The van der Waals surface area contributed by atoms with Crippen LogP contribution < -0.4 is 5.32 Å². The zero-order chi connectivity index (χ0) is 13.1. The lowest BCUT2D eigenvalue weighted by atomic mass is 9.94. The summed E-state index contributed by atoms with van der Waals surface area (Å²) in [5.74, 6) is 0.955. The van der Waals surface area contributed by atoms with Crippen molar-refractivity contribution in [1.29, 1.82) is 0 Å². The van der Waals surface area contributed by atoms with Crippen LogP contribution in [0.3, 0.4) is 0 Å². The number of nitrogens with one attached hydrogen (secondary N) is 1. The quantitative estimate of drug-likeness (QED) is 0.838. The Morgan fingerprint density at radius 1 is 1.16 bits per heavy atom. The van der Waals surface area contributed by atoms with Gasteiger partial charge in [0.15, 0.2) is 0 Å². The number of hydrogen-bond donors (Lipinski definition) is 1. The van der Waals surface area contributed by atoms with Crippen molar-refractivity contribution in [2.75, 3.05) is 39.3 Å². The molecule has 0 aromatic heterocycles. The van der Waals surface area contributed by atoms with Crippen molar-refractivity contribution in [3.8, 4) is 0 Å². The number of fused-ring (bicyclic) bond motifs is 1. The smallest absolute Gasteiger partial charge is 0.0224 e. The summed E-state index contributed by atoms with van der Waals surface area (Å²) in [5, 5.41) is 3.54. The van der Waals surface area contributed by atoms with Crippen LogP contribution in [0.15, 0.2) is 0 Å². The first-order valence-electron chi connectivity index (χ1n) is 8.52. The van der Waals surface area contributed by atoms with Crippen molar-refractivity contribution in [2.24, 2.45) is 5.92 Å². The van der Waals surface area contributed by atoms with E-state index in [0.717, 1.165) is 18.0 Å². The summed E-state index contributed by atoms with van der Waals surface area (Å²) in [5.41, 5.74) is 0. The Balaban J connectivity index is 1.39. The molecule has 3 unspecified atom stereocenters. The molecule has 3 rings (SSSR count). The van der Waals surface area contributed by atoms with Gasteiger partial charge in [-0.1, -0.05) is 0 Å². The number of nitrogens with zero attached hydrogens (tertiary/aromatic N) is 2. The SMILES string of the molecule is CC1CN2CCCC2CN1CCCC1CCCNC1. The molecule has 3 fully saturated rings. The number of rotatable bonds is 4. The van der Waals surface area contributed by atoms with Gasteiger partial charge in [-0.2, -0.15) is 0 Å². The summed E-state index contributed by atoms with van der Waals surface area (Å²) in [6, 6.07) is 1.66. The molecule has 3 heterocycles. The van der Waals surface area contributed by atoms with E-state index in [1.165, 1.54) is 77.8 Å². The maximum atomic E-state index is 3.54. The zero-order valence-corrected chi connectivity index (χ0v) is 12.6. The molecule has 3 heteroatoms. The molecule has 3 saturated heterocycles. The Labute approximate surface area is 118 Å². The van der Waals surface area contributed by atoms with E-state index >= 15 is 0 Å². The lowest BCUT2D eigenvalue weighted by molar-refractivity contribution is 0.0573. The predicted octanol–water partition coefficient (Wildman–Crippen LogP) is 1.93. The van der Waals surface area contributed by atoms with Gasteiger partial charge in [-0.15, -0.1) is 0 Å². The average molecular weight is 265 g/mol. The maximum Gasteiger partial charge on any atom is 0.0224 e. The molecule has 3 aliphatic rings. The summed E-state index contributed by atoms with van der Waals surface area (Å²) in [7, 11) is 0. The summed E-state index contributed by atoms with van der Waals surface area (Å²) in [6.45, 7) is 10.3. The fourth-order valence-corrected chi connectivity index (χ4v) is 4.31. The van der Waals surface area contributed by atoms with Crippen molar-refractivity contribution in [3.63, 3.8) is 0 Å². The fourth-order valence-electron chi connectivity index (χ4n) is 4.31. The molecule has 1 N–H and O–H groups in total. The monoisotopic (exact) mass is 265 g/mol. The van der Waals surface area contributed by atoms with E-state index in [4.69, 9.17) is 0 Å². The Bertz CT molecular complexity index is 275. The van der Waals surface area contributed by atoms with E-state index < -0.39 is 0 Å². The molecule has 0 amide bonds. The van der Waals surface area contributed by atoms with E-state index in [0.29, 0.717) is 0 Å². The molecule has 0 aliphatic carbocycles. The van der Waals surface area contributed by atoms with E-state index in [9.17, 15) is 0 Å². The predicted molar refractivity (Wildman–Crippen MR) is 80.5 cm³/mol. The first-order chi connectivity index (χ1) is 9.33. The molecule has 0 aromatic rings. The number of hydrogen-bond acceptors (Lipinski definition) is 3. The lowest BCUT2D eigenvalue weighted by Gasteiger charge is -2.42. The van der Waals surface area contributed by atoms with Gasteiger partial charge in [0.1, 0.15) is 0 Å². The highest BCUT2D eigenvalue weighted by molar-refractivity contribution is 4.90. The highest BCUT2D eigenvalue weighted by atomic mass is 15.3. The minimum Gasteiger partial charge on any atom is -0.316 e. The van der Waals surface area contributed by atoms with Crippen LogP contribution in [0.25, 0.3) is 0 Å². The van der Waals surface area contributed by atoms with Gasteiger partial charge in [-0.05, 0) is 77.5 Å². The van der Waals surface area contributed by atoms with Gasteiger partial charge in [-0.3, -0.25) is 9.80 Å². The minimum absolute atomic E-state index is 0.777. The van der Waals surface area contributed by atoms with Crippen molar-refractivity contribution >= 4 is 0 Å². The largest absolute Gasteiger partial charge is 0.316 e. The fraction of sp³-hybridized carbons (Fsp3) is 1.00. The number of piperazine rings is 1. The molecular formula is C16H31N3. The van der Waals surface area contributed by atoms with Gasteiger partial charge < -0.3 is 5.32 Å². The molecule has 0 spiro atoms. The molecule has 0 radical (unpaired) electrons. The second-order valence-electron chi connectivity index (χ2n) is 6.99. The van der Waals surface area contributed by atoms with Crippen molar-refractivity contribution in [3.05, 3.63) is 0 Å². The van der Waals surface area contributed by atoms with Crippen LogP contribution in [0, 0.1) is 5.92 Å². The molecular weight excluding hydrogens is 234 g/mol. The van der Waals surface area contributed by atoms with Crippen LogP contribution in [0.5, 0.6) is 0 Å².